The van der Waals surface area contributed by atoms with E-state index in [1.807, 2.05) is 4.90 Å². The smallest absolute Gasteiger partial charge is 0.293 e. The van der Waals surface area contributed by atoms with Gasteiger partial charge in [-0.15, -0.1) is 0 Å². The van der Waals surface area contributed by atoms with Gasteiger partial charge in [-0.05, 0) is 25.0 Å². The van der Waals surface area contributed by atoms with Gasteiger partial charge in [0.15, 0.2) is 9.84 Å². The molecule has 0 radical (unpaired) electrons. The molecule has 0 N–H and O–H groups in total. The Morgan fingerprint density at radius 1 is 1.32 bits per heavy atom. The van der Waals surface area contributed by atoms with Crippen LogP contribution in [-0.4, -0.2) is 32.2 Å². The molecule has 104 valence electrons. The molecule has 1 fully saturated rings. The number of hydrogen-bond donors (Lipinski definition) is 0. The van der Waals surface area contributed by atoms with Crippen LogP contribution in [0.5, 0.6) is 0 Å². The van der Waals surface area contributed by atoms with Crippen LogP contribution in [0.25, 0.3) is 0 Å². The highest BCUT2D eigenvalue weighted by Crippen LogP contribution is 2.33. The first kappa shape index (κ1) is 13.8. The van der Waals surface area contributed by atoms with Crippen LogP contribution in [0.4, 0.5) is 11.4 Å². The minimum atomic E-state index is -3.42. The average Bonchev–Trinajstić information content (AvgIpc) is 2.91. The molecule has 2 rings (SSSR count). The molecule has 1 heterocycles. The van der Waals surface area contributed by atoms with E-state index in [0.717, 1.165) is 25.9 Å². The Labute approximate surface area is 112 Å². The van der Waals surface area contributed by atoms with E-state index in [4.69, 9.17) is 0 Å². The molecule has 0 aromatic heterocycles. The van der Waals surface area contributed by atoms with Crippen LogP contribution >= 0.6 is 0 Å². The van der Waals surface area contributed by atoms with Crippen molar-refractivity contribution >= 4 is 21.2 Å². The van der Waals surface area contributed by atoms with E-state index in [9.17, 15) is 18.5 Å². The summed E-state index contributed by atoms with van der Waals surface area (Å²) in [7, 11) is -3.42. The molecule has 1 aliphatic heterocycles. The number of sulfone groups is 1. The Bertz CT molecular complexity index is 592. The Morgan fingerprint density at radius 3 is 2.47 bits per heavy atom. The molecule has 1 aromatic rings. The van der Waals surface area contributed by atoms with Crippen LogP contribution in [0.2, 0.25) is 0 Å². The zero-order chi connectivity index (χ0) is 14.0. The Kier molecular flexibility index (Phi) is 3.75. The fourth-order valence-corrected chi connectivity index (χ4v) is 3.13. The third kappa shape index (κ3) is 2.70. The highest BCUT2D eigenvalue weighted by Gasteiger charge is 2.25. The fourth-order valence-electron chi connectivity index (χ4n) is 2.24. The fraction of sp³-hybridized carbons (Fsp3) is 0.500. The highest BCUT2D eigenvalue weighted by atomic mass is 32.2. The minimum absolute atomic E-state index is 0.0182. The molecule has 1 aliphatic rings. The number of nitro benzene ring substituents is 1. The maximum Gasteiger partial charge on any atom is 0.293 e. The quantitative estimate of drug-likeness (QED) is 0.624. The van der Waals surface area contributed by atoms with Crippen molar-refractivity contribution in [2.24, 2.45) is 0 Å². The van der Waals surface area contributed by atoms with Gasteiger partial charge < -0.3 is 4.90 Å². The van der Waals surface area contributed by atoms with Gasteiger partial charge in [-0.25, -0.2) is 8.42 Å². The summed E-state index contributed by atoms with van der Waals surface area (Å²) in [5.74, 6) is -0.0623. The number of rotatable bonds is 4. The van der Waals surface area contributed by atoms with Crippen molar-refractivity contribution in [2.45, 2.75) is 24.7 Å². The first-order chi connectivity index (χ1) is 8.95. The lowest BCUT2D eigenvalue weighted by Crippen LogP contribution is -2.19. The highest BCUT2D eigenvalue weighted by molar-refractivity contribution is 7.91. The Balaban J connectivity index is 2.49. The van der Waals surface area contributed by atoms with Crippen molar-refractivity contribution < 1.29 is 13.3 Å². The third-order valence-electron chi connectivity index (χ3n) is 3.33. The van der Waals surface area contributed by atoms with Crippen molar-refractivity contribution in [1.29, 1.82) is 0 Å². The van der Waals surface area contributed by atoms with E-state index in [1.54, 1.807) is 6.07 Å². The molecule has 0 bridgehead atoms. The van der Waals surface area contributed by atoms with Crippen LogP contribution in [0.3, 0.4) is 0 Å². The van der Waals surface area contributed by atoms with Crippen LogP contribution in [-0.2, 0) is 9.84 Å². The maximum absolute atomic E-state index is 11.8. The van der Waals surface area contributed by atoms with E-state index < -0.39 is 14.8 Å². The zero-order valence-corrected chi connectivity index (χ0v) is 11.5. The first-order valence-corrected chi connectivity index (χ1v) is 7.87. The second-order valence-corrected chi connectivity index (χ2v) is 6.78. The van der Waals surface area contributed by atoms with Gasteiger partial charge in [-0.3, -0.25) is 10.1 Å². The van der Waals surface area contributed by atoms with Gasteiger partial charge in [0.05, 0.1) is 15.6 Å². The van der Waals surface area contributed by atoms with Crippen LogP contribution < -0.4 is 4.90 Å². The number of benzene rings is 1. The van der Waals surface area contributed by atoms with Gasteiger partial charge in [-0.2, -0.15) is 0 Å². The molecule has 7 heteroatoms. The van der Waals surface area contributed by atoms with E-state index in [1.165, 1.54) is 19.1 Å². The molecule has 0 saturated carbocycles. The maximum atomic E-state index is 11.8. The number of anilines is 1. The second kappa shape index (κ2) is 5.16. The lowest BCUT2D eigenvalue weighted by atomic mass is 10.2. The van der Waals surface area contributed by atoms with Gasteiger partial charge in [0.1, 0.15) is 5.69 Å². The SMILES string of the molecule is CCS(=O)(=O)c1ccc(N2CCCC2)c([N+](=O)[O-])c1. The van der Waals surface area contributed by atoms with Gasteiger partial charge in [0.25, 0.3) is 5.69 Å². The summed E-state index contributed by atoms with van der Waals surface area (Å²) in [6, 6.07) is 4.18. The van der Waals surface area contributed by atoms with Crippen molar-refractivity contribution in [3.63, 3.8) is 0 Å². The largest absolute Gasteiger partial charge is 0.366 e. The van der Waals surface area contributed by atoms with E-state index in [2.05, 4.69) is 0 Å². The summed E-state index contributed by atoms with van der Waals surface area (Å²) in [6.45, 7) is 3.08. The summed E-state index contributed by atoms with van der Waals surface area (Å²) >= 11 is 0. The molecule has 1 aromatic carbocycles. The van der Waals surface area contributed by atoms with Crippen molar-refractivity contribution in [1.82, 2.24) is 0 Å². The molecule has 0 amide bonds. The molecule has 19 heavy (non-hydrogen) atoms. The number of nitrogens with zero attached hydrogens (tertiary/aromatic N) is 2. The molecule has 6 nitrogen and oxygen atoms in total. The van der Waals surface area contributed by atoms with E-state index in [-0.39, 0.29) is 16.3 Å². The molecule has 1 saturated heterocycles. The van der Waals surface area contributed by atoms with E-state index >= 15 is 0 Å². The van der Waals surface area contributed by atoms with Crippen molar-refractivity contribution in [3.05, 3.63) is 28.3 Å². The molecule has 0 atom stereocenters. The molecular weight excluding hydrogens is 268 g/mol. The predicted octanol–water partition coefficient (Wildman–Crippen LogP) is 1.99. The topological polar surface area (TPSA) is 80.5 Å². The first-order valence-electron chi connectivity index (χ1n) is 6.22. The monoisotopic (exact) mass is 284 g/mol. The van der Waals surface area contributed by atoms with Crippen LogP contribution in [0.15, 0.2) is 23.1 Å². The van der Waals surface area contributed by atoms with Gasteiger partial charge in [0, 0.05) is 19.2 Å². The summed E-state index contributed by atoms with van der Waals surface area (Å²) in [5.41, 5.74) is 0.383. The van der Waals surface area contributed by atoms with Crippen molar-refractivity contribution in [3.8, 4) is 0 Å². The van der Waals surface area contributed by atoms with Gasteiger partial charge in [0.2, 0.25) is 0 Å². The van der Waals surface area contributed by atoms with Crippen molar-refractivity contribution in [2.75, 3.05) is 23.7 Å². The molecule has 0 unspecified atom stereocenters. The lowest BCUT2D eigenvalue weighted by molar-refractivity contribution is -0.384. The number of hydrogen-bond acceptors (Lipinski definition) is 5. The second-order valence-electron chi connectivity index (χ2n) is 4.51. The standard InChI is InChI=1S/C12H16N2O4S/c1-2-19(17,18)10-5-6-11(12(9-10)14(15)16)13-7-3-4-8-13/h5-6,9H,2-4,7-8H2,1H3. The third-order valence-corrected chi connectivity index (χ3v) is 5.06. The normalized spacial score (nSPS) is 15.7. The summed E-state index contributed by atoms with van der Waals surface area (Å²) in [4.78, 5) is 12.6. The zero-order valence-electron chi connectivity index (χ0n) is 10.7. The molecular formula is C12H16N2O4S. The molecule has 0 aliphatic carbocycles. The van der Waals surface area contributed by atoms with Gasteiger partial charge >= 0.3 is 0 Å². The van der Waals surface area contributed by atoms with E-state index in [0.29, 0.717) is 5.69 Å². The molecule has 0 spiro atoms. The van der Waals surface area contributed by atoms with Gasteiger partial charge in [-0.1, -0.05) is 6.92 Å². The minimum Gasteiger partial charge on any atom is -0.366 e. The van der Waals surface area contributed by atoms with Crippen LogP contribution in [0.1, 0.15) is 19.8 Å². The predicted molar refractivity (Wildman–Crippen MR) is 72.3 cm³/mol. The summed E-state index contributed by atoms with van der Waals surface area (Å²) < 4.78 is 23.5. The average molecular weight is 284 g/mol. The summed E-state index contributed by atoms with van der Waals surface area (Å²) in [6.07, 6.45) is 2.01. The Hall–Kier alpha value is -1.63. The summed E-state index contributed by atoms with van der Waals surface area (Å²) in [5, 5.41) is 11.1. The lowest BCUT2D eigenvalue weighted by Gasteiger charge is -2.17. The Morgan fingerprint density at radius 2 is 1.95 bits per heavy atom. The van der Waals surface area contributed by atoms with Crippen LogP contribution in [0, 0.1) is 10.1 Å². The number of nitro groups is 1.